The molecule has 1 aromatic rings. The lowest BCUT2D eigenvalue weighted by molar-refractivity contribution is -0.137. The molecule has 1 aromatic heterocycles. The van der Waals surface area contributed by atoms with E-state index in [2.05, 4.69) is 31.1 Å². The Labute approximate surface area is 128 Å². The minimum Gasteiger partial charge on any atom is -0.309 e. The van der Waals surface area contributed by atoms with E-state index >= 15 is 0 Å². The lowest BCUT2D eigenvalue weighted by Crippen LogP contribution is -2.33. The van der Waals surface area contributed by atoms with Crippen molar-refractivity contribution in [3.05, 3.63) is 16.1 Å². The molecule has 1 fully saturated rings. The number of hydrogen-bond acceptors (Lipinski definition) is 3. The molecule has 0 radical (unpaired) electrons. The standard InChI is InChI=1S/C15H23F3N2S/c1-4-8-19-12(10-6-5-7-14(10,2)3)11-9-20-13(21-11)15(16,17)18/h9-10,12,19H,4-8H2,1-3H3. The second-order valence-electron chi connectivity index (χ2n) is 6.48. The van der Waals surface area contributed by atoms with Crippen molar-refractivity contribution in [1.29, 1.82) is 0 Å². The van der Waals surface area contributed by atoms with Gasteiger partial charge in [-0.05, 0) is 37.1 Å². The molecule has 2 rings (SSSR count). The molecule has 1 N–H and O–H groups in total. The summed E-state index contributed by atoms with van der Waals surface area (Å²) in [7, 11) is 0. The molecule has 1 saturated carbocycles. The van der Waals surface area contributed by atoms with Crippen LogP contribution in [-0.2, 0) is 6.18 Å². The van der Waals surface area contributed by atoms with E-state index < -0.39 is 11.2 Å². The van der Waals surface area contributed by atoms with Crippen LogP contribution in [0.5, 0.6) is 0 Å². The Morgan fingerprint density at radius 3 is 2.67 bits per heavy atom. The Bertz CT molecular complexity index is 468. The highest BCUT2D eigenvalue weighted by Gasteiger charge is 2.42. The lowest BCUT2D eigenvalue weighted by Gasteiger charge is -2.34. The van der Waals surface area contributed by atoms with Crippen LogP contribution in [-0.4, -0.2) is 11.5 Å². The van der Waals surface area contributed by atoms with Crippen LogP contribution in [0.1, 0.15) is 62.4 Å². The first-order valence-electron chi connectivity index (χ1n) is 7.52. The summed E-state index contributed by atoms with van der Waals surface area (Å²) in [5.41, 5.74) is 0.161. The minimum atomic E-state index is -4.34. The Hall–Kier alpha value is -0.620. The highest BCUT2D eigenvalue weighted by Crippen LogP contribution is 2.50. The first kappa shape index (κ1) is 16.7. The van der Waals surface area contributed by atoms with Gasteiger partial charge in [0.05, 0.1) is 0 Å². The maximum absolute atomic E-state index is 12.8. The van der Waals surface area contributed by atoms with Gasteiger partial charge < -0.3 is 5.32 Å². The van der Waals surface area contributed by atoms with Gasteiger partial charge in [0.25, 0.3) is 0 Å². The normalized spacial score (nSPS) is 23.4. The highest BCUT2D eigenvalue weighted by atomic mass is 32.1. The van der Waals surface area contributed by atoms with E-state index in [1.165, 1.54) is 6.20 Å². The molecule has 120 valence electrons. The number of halogens is 3. The van der Waals surface area contributed by atoms with Crippen molar-refractivity contribution in [2.75, 3.05) is 6.54 Å². The predicted octanol–water partition coefficient (Wildman–Crippen LogP) is 5.03. The zero-order chi connectivity index (χ0) is 15.7. The summed E-state index contributed by atoms with van der Waals surface area (Å²) in [6, 6.07) is -0.0175. The molecule has 0 amide bonds. The lowest BCUT2D eigenvalue weighted by atomic mass is 9.77. The highest BCUT2D eigenvalue weighted by molar-refractivity contribution is 7.11. The summed E-state index contributed by atoms with van der Waals surface area (Å²) in [4.78, 5) is 4.31. The molecule has 0 saturated heterocycles. The molecule has 0 bridgehead atoms. The molecule has 6 heteroatoms. The van der Waals surface area contributed by atoms with E-state index in [0.29, 0.717) is 5.92 Å². The summed E-state index contributed by atoms with van der Waals surface area (Å²) in [6.45, 7) is 7.32. The second kappa shape index (κ2) is 6.24. The van der Waals surface area contributed by atoms with E-state index in [1.54, 1.807) is 0 Å². The van der Waals surface area contributed by atoms with Crippen molar-refractivity contribution in [3.8, 4) is 0 Å². The SMILES string of the molecule is CCCNC(c1cnc(C(F)(F)F)s1)C1CCCC1(C)C. The number of aromatic nitrogens is 1. The Morgan fingerprint density at radius 2 is 2.19 bits per heavy atom. The smallest absolute Gasteiger partial charge is 0.309 e. The summed E-state index contributed by atoms with van der Waals surface area (Å²) in [5, 5.41) is 2.71. The second-order valence-corrected chi connectivity index (χ2v) is 7.55. The molecular formula is C15H23F3N2S. The van der Waals surface area contributed by atoms with Crippen molar-refractivity contribution >= 4 is 11.3 Å². The van der Waals surface area contributed by atoms with Crippen LogP contribution < -0.4 is 5.32 Å². The van der Waals surface area contributed by atoms with Gasteiger partial charge in [-0.15, -0.1) is 11.3 Å². The monoisotopic (exact) mass is 320 g/mol. The van der Waals surface area contributed by atoms with Crippen LogP contribution >= 0.6 is 11.3 Å². The van der Waals surface area contributed by atoms with Crippen LogP contribution in [0.3, 0.4) is 0 Å². The van der Waals surface area contributed by atoms with E-state index in [4.69, 9.17) is 0 Å². The predicted molar refractivity (Wildman–Crippen MR) is 79.3 cm³/mol. The van der Waals surface area contributed by atoms with Gasteiger partial charge in [-0.25, -0.2) is 4.98 Å². The zero-order valence-corrected chi connectivity index (χ0v) is 13.6. The van der Waals surface area contributed by atoms with Crippen molar-refractivity contribution in [3.63, 3.8) is 0 Å². The van der Waals surface area contributed by atoms with Gasteiger partial charge in [0, 0.05) is 17.1 Å². The number of nitrogens with one attached hydrogen (secondary N) is 1. The molecule has 0 spiro atoms. The van der Waals surface area contributed by atoms with Crippen LogP contribution in [0.25, 0.3) is 0 Å². The van der Waals surface area contributed by atoms with Crippen LogP contribution in [0.2, 0.25) is 0 Å². The van der Waals surface area contributed by atoms with Crippen LogP contribution in [0, 0.1) is 11.3 Å². The third-order valence-electron chi connectivity index (χ3n) is 4.43. The number of alkyl halides is 3. The quantitative estimate of drug-likeness (QED) is 0.823. The average Bonchev–Trinajstić information content (AvgIpc) is 2.97. The molecule has 21 heavy (non-hydrogen) atoms. The van der Waals surface area contributed by atoms with E-state index in [-0.39, 0.29) is 11.5 Å². The third kappa shape index (κ3) is 3.77. The fourth-order valence-electron chi connectivity index (χ4n) is 3.27. The topological polar surface area (TPSA) is 24.9 Å². The van der Waals surface area contributed by atoms with Gasteiger partial charge in [-0.3, -0.25) is 0 Å². The van der Waals surface area contributed by atoms with Crippen LogP contribution in [0.4, 0.5) is 13.2 Å². The van der Waals surface area contributed by atoms with Crippen LogP contribution in [0.15, 0.2) is 6.20 Å². The molecule has 1 heterocycles. The van der Waals surface area contributed by atoms with Gasteiger partial charge in [0.1, 0.15) is 0 Å². The van der Waals surface area contributed by atoms with Gasteiger partial charge >= 0.3 is 6.18 Å². The molecule has 2 nitrogen and oxygen atoms in total. The molecule has 2 atom stereocenters. The van der Waals surface area contributed by atoms with Gasteiger partial charge in [-0.2, -0.15) is 13.2 Å². The third-order valence-corrected chi connectivity index (χ3v) is 5.55. The minimum absolute atomic E-state index is 0.0175. The fraction of sp³-hybridized carbons (Fsp3) is 0.800. The molecule has 0 aromatic carbocycles. The molecule has 0 aliphatic heterocycles. The molecule has 1 aliphatic carbocycles. The zero-order valence-electron chi connectivity index (χ0n) is 12.8. The first-order valence-corrected chi connectivity index (χ1v) is 8.33. The Morgan fingerprint density at radius 1 is 1.48 bits per heavy atom. The molecule has 2 unspecified atom stereocenters. The Kier molecular flexibility index (Phi) is 4.98. The number of rotatable bonds is 5. The number of thiazole rings is 1. The summed E-state index contributed by atoms with van der Waals surface area (Å²) < 4.78 is 38.3. The summed E-state index contributed by atoms with van der Waals surface area (Å²) in [6.07, 6.45) is 1.38. The molecular weight excluding hydrogens is 297 g/mol. The summed E-state index contributed by atoms with van der Waals surface area (Å²) in [5.74, 6) is 0.366. The maximum Gasteiger partial charge on any atom is 0.443 e. The van der Waals surface area contributed by atoms with Gasteiger partial charge in [0.2, 0.25) is 0 Å². The molecule has 1 aliphatic rings. The van der Waals surface area contributed by atoms with Gasteiger partial charge in [-0.1, -0.05) is 27.2 Å². The average molecular weight is 320 g/mol. The van der Waals surface area contributed by atoms with E-state index in [9.17, 15) is 13.2 Å². The number of hydrogen-bond donors (Lipinski definition) is 1. The maximum atomic E-state index is 12.8. The largest absolute Gasteiger partial charge is 0.443 e. The van der Waals surface area contributed by atoms with Gasteiger partial charge in [0.15, 0.2) is 5.01 Å². The van der Waals surface area contributed by atoms with Crippen molar-refractivity contribution in [2.24, 2.45) is 11.3 Å². The van der Waals surface area contributed by atoms with Crippen molar-refractivity contribution in [2.45, 2.75) is 58.7 Å². The van der Waals surface area contributed by atoms with Crippen molar-refractivity contribution in [1.82, 2.24) is 10.3 Å². The van der Waals surface area contributed by atoms with E-state index in [0.717, 1.165) is 48.4 Å². The summed E-state index contributed by atoms with van der Waals surface area (Å²) >= 11 is 0.787. The first-order chi connectivity index (χ1) is 9.75. The Balaban J connectivity index is 2.25. The fourth-order valence-corrected chi connectivity index (χ4v) is 4.20. The van der Waals surface area contributed by atoms with Crippen molar-refractivity contribution < 1.29 is 13.2 Å². The number of nitrogens with zero attached hydrogens (tertiary/aromatic N) is 1. The van der Waals surface area contributed by atoms with E-state index in [1.807, 2.05) is 0 Å².